The number of nitrogens with zero attached hydrogens (tertiary/aromatic N) is 3. The number of benzene rings is 2. The standard InChI is InChI=1S/C19H20ClN3OS/c1-3-23-18(12-24-17-7-5-4-6-16(17)20)21-22-19(23)25-13-15-10-8-14(2)9-11-15/h4-11H,3,12-13H2,1-2H3. The third kappa shape index (κ3) is 4.55. The molecule has 0 aliphatic carbocycles. The molecule has 0 aliphatic heterocycles. The Kier molecular flexibility index (Phi) is 6.00. The Morgan fingerprint density at radius 3 is 2.56 bits per heavy atom. The van der Waals surface area contributed by atoms with E-state index in [4.69, 9.17) is 16.3 Å². The minimum absolute atomic E-state index is 0.343. The summed E-state index contributed by atoms with van der Waals surface area (Å²) in [6.07, 6.45) is 0. The van der Waals surface area contributed by atoms with Gasteiger partial charge in [0.05, 0.1) is 5.02 Å². The minimum atomic E-state index is 0.343. The Morgan fingerprint density at radius 1 is 1.08 bits per heavy atom. The van der Waals surface area contributed by atoms with Crippen LogP contribution in [-0.4, -0.2) is 14.8 Å². The molecular formula is C19H20ClN3OS. The van der Waals surface area contributed by atoms with Crippen LogP contribution in [0.3, 0.4) is 0 Å². The second-order valence-electron chi connectivity index (χ2n) is 5.64. The summed E-state index contributed by atoms with van der Waals surface area (Å²) in [4.78, 5) is 0. The van der Waals surface area contributed by atoms with Crippen molar-refractivity contribution in [3.63, 3.8) is 0 Å². The Hall–Kier alpha value is -1.98. The van der Waals surface area contributed by atoms with Gasteiger partial charge in [-0.25, -0.2) is 0 Å². The van der Waals surface area contributed by atoms with Gasteiger partial charge in [-0.05, 0) is 31.5 Å². The summed E-state index contributed by atoms with van der Waals surface area (Å²) >= 11 is 7.81. The lowest BCUT2D eigenvalue weighted by molar-refractivity contribution is 0.288. The smallest absolute Gasteiger partial charge is 0.191 e. The molecule has 2 aromatic carbocycles. The zero-order chi connectivity index (χ0) is 17.6. The summed E-state index contributed by atoms with van der Waals surface area (Å²) in [5.41, 5.74) is 2.54. The molecule has 0 unspecified atom stereocenters. The largest absolute Gasteiger partial charge is 0.484 e. The monoisotopic (exact) mass is 373 g/mol. The van der Waals surface area contributed by atoms with Crippen molar-refractivity contribution < 1.29 is 4.74 Å². The zero-order valence-electron chi connectivity index (χ0n) is 14.3. The van der Waals surface area contributed by atoms with Crippen molar-refractivity contribution in [2.75, 3.05) is 0 Å². The number of hydrogen-bond acceptors (Lipinski definition) is 4. The Balaban J connectivity index is 1.66. The van der Waals surface area contributed by atoms with Crippen LogP contribution in [0.2, 0.25) is 5.02 Å². The van der Waals surface area contributed by atoms with Gasteiger partial charge in [-0.3, -0.25) is 0 Å². The number of rotatable bonds is 7. The lowest BCUT2D eigenvalue weighted by Gasteiger charge is -2.09. The van der Waals surface area contributed by atoms with E-state index in [-0.39, 0.29) is 0 Å². The Bertz CT molecular complexity index is 833. The number of thioether (sulfide) groups is 1. The summed E-state index contributed by atoms with van der Waals surface area (Å²) in [5.74, 6) is 2.32. The predicted octanol–water partition coefficient (Wildman–Crippen LogP) is 5.13. The first kappa shape index (κ1) is 17.8. The van der Waals surface area contributed by atoms with Gasteiger partial charge < -0.3 is 9.30 Å². The molecule has 0 N–H and O–H groups in total. The van der Waals surface area contributed by atoms with Crippen molar-refractivity contribution in [2.45, 2.75) is 37.9 Å². The zero-order valence-corrected chi connectivity index (χ0v) is 15.8. The summed E-state index contributed by atoms with van der Waals surface area (Å²) in [5, 5.41) is 10.1. The molecule has 0 saturated heterocycles. The topological polar surface area (TPSA) is 39.9 Å². The van der Waals surface area contributed by atoms with E-state index < -0.39 is 0 Å². The molecule has 0 fully saturated rings. The molecule has 0 aliphatic rings. The van der Waals surface area contributed by atoms with Gasteiger partial charge in [0, 0.05) is 12.3 Å². The molecule has 0 radical (unpaired) electrons. The molecule has 1 aromatic heterocycles. The molecule has 0 atom stereocenters. The summed E-state index contributed by atoms with van der Waals surface area (Å²) in [6.45, 7) is 5.31. The van der Waals surface area contributed by atoms with Crippen LogP contribution in [0.15, 0.2) is 53.7 Å². The van der Waals surface area contributed by atoms with Gasteiger partial charge in [0.1, 0.15) is 12.4 Å². The quantitative estimate of drug-likeness (QED) is 0.538. The highest BCUT2D eigenvalue weighted by Crippen LogP contribution is 2.25. The van der Waals surface area contributed by atoms with Crippen LogP contribution in [0.5, 0.6) is 5.75 Å². The second kappa shape index (κ2) is 8.41. The number of para-hydroxylation sites is 1. The highest BCUT2D eigenvalue weighted by Gasteiger charge is 2.12. The van der Waals surface area contributed by atoms with Crippen LogP contribution in [0.1, 0.15) is 23.9 Å². The molecule has 3 aromatic rings. The van der Waals surface area contributed by atoms with Gasteiger partial charge in [0.15, 0.2) is 11.0 Å². The minimum Gasteiger partial charge on any atom is -0.484 e. The van der Waals surface area contributed by atoms with Crippen molar-refractivity contribution in [1.82, 2.24) is 14.8 Å². The normalized spacial score (nSPS) is 10.8. The molecule has 130 valence electrons. The number of aromatic nitrogens is 3. The van der Waals surface area contributed by atoms with E-state index >= 15 is 0 Å². The van der Waals surface area contributed by atoms with E-state index in [1.165, 1.54) is 11.1 Å². The van der Waals surface area contributed by atoms with Crippen molar-refractivity contribution in [3.05, 3.63) is 70.5 Å². The van der Waals surface area contributed by atoms with E-state index in [1.807, 2.05) is 24.3 Å². The lowest BCUT2D eigenvalue weighted by atomic mass is 10.2. The average Bonchev–Trinajstić information content (AvgIpc) is 3.02. The van der Waals surface area contributed by atoms with E-state index in [1.54, 1.807) is 11.8 Å². The van der Waals surface area contributed by atoms with Crippen LogP contribution in [0, 0.1) is 6.92 Å². The average molecular weight is 374 g/mol. The Labute approximate surface area is 157 Å². The highest BCUT2D eigenvalue weighted by molar-refractivity contribution is 7.98. The predicted molar refractivity (Wildman–Crippen MR) is 102 cm³/mol. The van der Waals surface area contributed by atoms with Crippen molar-refractivity contribution in [2.24, 2.45) is 0 Å². The van der Waals surface area contributed by atoms with Crippen LogP contribution in [0.25, 0.3) is 0 Å². The SMILES string of the molecule is CCn1c(COc2ccccc2Cl)nnc1SCc1ccc(C)cc1. The van der Waals surface area contributed by atoms with Gasteiger partial charge in [0.25, 0.3) is 0 Å². The first-order valence-corrected chi connectivity index (χ1v) is 9.51. The lowest BCUT2D eigenvalue weighted by Crippen LogP contribution is -2.07. The van der Waals surface area contributed by atoms with E-state index in [2.05, 4.69) is 52.9 Å². The van der Waals surface area contributed by atoms with Gasteiger partial charge in [-0.15, -0.1) is 10.2 Å². The Morgan fingerprint density at radius 2 is 1.84 bits per heavy atom. The molecule has 1 heterocycles. The maximum absolute atomic E-state index is 6.13. The third-order valence-corrected chi connectivity index (χ3v) is 5.14. The second-order valence-corrected chi connectivity index (χ2v) is 6.99. The summed E-state index contributed by atoms with van der Waals surface area (Å²) in [6, 6.07) is 16.0. The molecule has 25 heavy (non-hydrogen) atoms. The number of ether oxygens (including phenoxy) is 1. The van der Waals surface area contributed by atoms with Crippen LogP contribution in [0.4, 0.5) is 0 Å². The van der Waals surface area contributed by atoms with E-state index in [0.29, 0.717) is 17.4 Å². The van der Waals surface area contributed by atoms with Crippen molar-refractivity contribution in [3.8, 4) is 5.75 Å². The van der Waals surface area contributed by atoms with Gasteiger partial charge >= 0.3 is 0 Å². The molecule has 6 heteroatoms. The number of aryl methyl sites for hydroxylation is 1. The molecule has 3 rings (SSSR count). The molecule has 0 bridgehead atoms. The van der Waals surface area contributed by atoms with Crippen LogP contribution >= 0.6 is 23.4 Å². The fourth-order valence-corrected chi connectivity index (χ4v) is 3.55. The molecule has 0 amide bonds. The molecular weight excluding hydrogens is 354 g/mol. The number of halogens is 1. The van der Waals surface area contributed by atoms with Gasteiger partial charge in [0.2, 0.25) is 0 Å². The third-order valence-electron chi connectivity index (χ3n) is 3.79. The van der Waals surface area contributed by atoms with Gasteiger partial charge in [-0.2, -0.15) is 0 Å². The van der Waals surface area contributed by atoms with Crippen LogP contribution < -0.4 is 4.74 Å². The van der Waals surface area contributed by atoms with E-state index in [0.717, 1.165) is 23.3 Å². The first-order valence-electron chi connectivity index (χ1n) is 8.15. The van der Waals surface area contributed by atoms with Crippen molar-refractivity contribution in [1.29, 1.82) is 0 Å². The summed E-state index contributed by atoms with van der Waals surface area (Å²) in [7, 11) is 0. The highest BCUT2D eigenvalue weighted by atomic mass is 35.5. The maximum Gasteiger partial charge on any atom is 0.191 e. The first-order chi connectivity index (χ1) is 12.2. The fraction of sp³-hybridized carbons (Fsp3) is 0.263. The molecule has 0 saturated carbocycles. The fourth-order valence-electron chi connectivity index (χ4n) is 2.39. The van der Waals surface area contributed by atoms with E-state index in [9.17, 15) is 0 Å². The number of hydrogen-bond donors (Lipinski definition) is 0. The van der Waals surface area contributed by atoms with Crippen molar-refractivity contribution >= 4 is 23.4 Å². The summed E-state index contributed by atoms with van der Waals surface area (Å²) < 4.78 is 7.87. The molecule has 4 nitrogen and oxygen atoms in total. The van der Waals surface area contributed by atoms with Crippen LogP contribution in [-0.2, 0) is 18.9 Å². The van der Waals surface area contributed by atoms with Gasteiger partial charge in [-0.1, -0.05) is 65.3 Å². The maximum atomic E-state index is 6.13. The molecule has 0 spiro atoms.